The maximum atomic E-state index is 13.5. The molecule has 1 saturated carbocycles. The number of hydrazine groups is 1. The SMILES string of the molecule is COC1(C(Cc2cc(F)ccc2C)NN)CCCCCC1. The molecular formula is C17H27FN2O. The fourth-order valence-corrected chi connectivity index (χ4v) is 3.50. The van der Waals surface area contributed by atoms with Crippen LogP contribution in [0, 0.1) is 12.7 Å². The zero-order chi connectivity index (χ0) is 15.3. The highest BCUT2D eigenvalue weighted by molar-refractivity contribution is 5.28. The molecule has 3 N–H and O–H groups in total. The second kappa shape index (κ2) is 7.34. The summed E-state index contributed by atoms with van der Waals surface area (Å²) in [6.07, 6.45) is 7.53. The average Bonchev–Trinajstić information content (AvgIpc) is 2.74. The van der Waals surface area contributed by atoms with Crippen LogP contribution in [0.5, 0.6) is 0 Å². The van der Waals surface area contributed by atoms with E-state index >= 15 is 0 Å². The summed E-state index contributed by atoms with van der Waals surface area (Å²) in [5.74, 6) is 5.63. The molecule has 0 radical (unpaired) electrons. The highest BCUT2D eigenvalue weighted by Crippen LogP contribution is 2.34. The largest absolute Gasteiger partial charge is 0.377 e. The minimum absolute atomic E-state index is 0.00102. The smallest absolute Gasteiger partial charge is 0.123 e. The van der Waals surface area contributed by atoms with Crippen molar-refractivity contribution < 1.29 is 9.13 Å². The lowest BCUT2D eigenvalue weighted by Gasteiger charge is -2.39. The summed E-state index contributed by atoms with van der Waals surface area (Å²) >= 11 is 0. The second-order valence-corrected chi connectivity index (χ2v) is 6.18. The van der Waals surface area contributed by atoms with Crippen LogP contribution in [0.4, 0.5) is 4.39 Å². The third kappa shape index (κ3) is 3.82. The number of methoxy groups -OCH3 is 1. The Hall–Kier alpha value is -0.970. The Morgan fingerprint density at radius 2 is 1.95 bits per heavy atom. The zero-order valence-corrected chi connectivity index (χ0v) is 13.1. The average molecular weight is 294 g/mol. The van der Waals surface area contributed by atoms with E-state index in [0.717, 1.165) is 36.8 Å². The first kappa shape index (κ1) is 16.4. The monoisotopic (exact) mass is 294 g/mol. The maximum Gasteiger partial charge on any atom is 0.123 e. The van der Waals surface area contributed by atoms with Crippen LogP contribution in [0.2, 0.25) is 0 Å². The van der Waals surface area contributed by atoms with E-state index < -0.39 is 0 Å². The van der Waals surface area contributed by atoms with Crippen molar-refractivity contribution in [3.63, 3.8) is 0 Å². The quantitative estimate of drug-likeness (QED) is 0.498. The fraction of sp³-hybridized carbons (Fsp3) is 0.647. The van der Waals surface area contributed by atoms with E-state index in [-0.39, 0.29) is 17.5 Å². The molecule has 0 aliphatic heterocycles. The molecule has 0 saturated heterocycles. The summed E-state index contributed by atoms with van der Waals surface area (Å²) in [5.41, 5.74) is 4.79. The Kier molecular flexibility index (Phi) is 5.73. The molecule has 0 aromatic heterocycles. The molecule has 3 nitrogen and oxygen atoms in total. The number of hydrogen-bond donors (Lipinski definition) is 2. The van der Waals surface area contributed by atoms with Crippen LogP contribution in [-0.2, 0) is 11.2 Å². The van der Waals surface area contributed by atoms with Gasteiger partial charge in [-0.2, -0.15) is 0 Å². The van der Waals surface area contributed by atoms with Crippen molar-refractivity contribution in [2.24, 2.45) is 5.84 Å². The summed E-state index contributed by atoms with van der Waals surface area (Å²) in [4.78, 5) is 0. The van der Waals surface area contributed by atoms with Gasteiger partial charge in [0.1, 0.15) is 5.82 Å². The number of halogens is 1. The zero-order valence-electron chi connectivity index (χ0n) is 13.1. The normalized spacial score (nSPS) is 20.0. The fourth-order valence-electron chi connectivity index (χ4n) is 3.50. The molecule has 1 aliphatic carbocycles. The third-order valence-corrected chi connectivity index (χ3v) is 4.93. The minimum atomic E-state index is -0.246. The number of nitrogens with two attached hydrogens (primary N) is 1. The van der Waals surface area contributed by atoms with Gasteiger partial charge in [-0.1, -0.05) is 31.7 Å². The molecule has 21 heavy (non-hydrogen) atoms. The highest BCUT2D eigenvalue weighted by Gasteiger charge is 2.38. The predicted molar refractivity (Wildman–Crippen MR) is 83.4 cm³/mol. The molecule has 118 valence electrons. The molecule has 0 spiro atoms. The van der Waals surface area contributed by atoms with Gasteiger partial charge in [-0.3, -0.25) is 11.3 Å². The first-order valence-corrected chi connectivity index (χ1v) is 7.87. The standard InChI is InChI=1S/C17H27FN2O/c1-13-7-8-15(18)11-14(13)12-16(20-19)17(21-2)9-5-3-4-6-10-17/h7-8,11,16,20H,3-6,9-10,12,19H2,1-2H3. The van der Waals surface area contributed by atoms with Crippen LogP contribution in [0.3, 0.4) is 0 Å². The lowest BCUT2D eigenvalue weighted by molar-refractivity contribution is -0.0527. The van der Waals surface area contributed by atoms with Crippen molar-refractivity contribution >= 4 is 0 Å². The maximum absolute atomic E-state index is 13.5. The lowest BCUT2D eigenvalue weighted by Crippen LogP contribution is -2.55. The van der Waals surface area contributed by atoms with Crippen molar-refractivity contribution in [3.05, 3.63) is 35.1 Å². The number of ether oxygens (including phenoxy) is 1. The van der Waals surface area contributed by atoms with Gasteiger partial charge >= 0.3 is 0 Å². The third-order valence-electron chi connectivity index (χ3n) is 4.93. The molecule has 1 unspecified atom stereocenters. The number of hydrogen-bond acceptors (Lipinski definition) is 3. The van der Waals surface area contributed by atoms with Gasteiger partial charge in [0.25, 0.3) is 0 Å². The van der Waals surface area contributed by atoms with Crippen LogP contribution in [0.25, 0.3) is 0 Å². The summed E-state index contributed by atoms with van der Waals surface area (Å²) in [6, 6.07) is 4.94. The van der Waals surface area contributed by atoms with Crippen LogP contribution in [0.1, 0.15) is 49.7 Å². The Balaban J connectivity index is 2.22. The summed E-state index contributed by atoms with van der Waals surface area (Å²) in [7, 11) is 1.77. The molecule has 1 aromatic carbocycles. The van der Waals surface area contributed by atoms with Gasteiger partial charge in [0.15, 0.2) is 0 Å². The Morgan fingerprint density at radius 1 is 1.29 bits per heavy atom. The van der Waals surface area contributed by atoms with Gasteiger partial charge in [0, 0.05) is 7.11 Å². The van der Waals surface area contributed by atoms with E-state index in [9.17, 15) is 4.39 Å². The molecular weight excluding hydrogens is 267 g/mol. The van der Waals surface area contributed by atoms with Crippen molar-refractivity contribution in [2.75, 3.05) is 7.11 Å². The van der Waals surface area contributed by atoms with Crippen LogP contribution >= 0.6 is 0 Å². The predicted octanol–water partition coefficient (Wildman–Crippen LogP) is 3.25. The van der Waals surface area contributed by atoms with E-state index in [1.54, 1.807) is 13.2 Å². The van der Waals surface area contributed by atoms with Crippen molar-refractivity contribution in [1.82, 2.24) is 5.43 Å². The number of nitrogens with one attached hydrogen (secondary N) is 1. The minimum Gasteiger partial charge on any atom is -0.377 e. The molecule has 1 aromatic rings. The summed E-state index contributed by atoms with van der Waals surface area (Å²) < 4.78 is 19.4. The molecule has 1 fully saturated rings. The van der Waals surface area contributed by atoms with Crippen LogP contribution < -0.4 is 11.3 Å². The lowest BCUT2D eigenvalue weighted by atomic mass is 9.82. The second-order valence-electron chi connectivity index (χ2n) is 6.18. The Labute approximate surface area is 127 Å². The molecule has 4 heteroatoms. The van der Waals surface area contributed by atoms with Crippen molar-refractivity contribution in [3.8, 4) is 0 Å². The van der Waals surface area contributed by atoms with Gasteiger partial charge in [-0.15, -0.1) is 0 Å². The van der Waals surface area contributed by atoms with E-state index in [0.29, 0.717) is 6.42 Å². The Bertz CT molecular complexity index is 456. The van der Waals surface area contributed by atoms with Crippen LogP contribution in [0.15, 0.2) is 18.2 Å². The Morgan fingerprint density at radius 3 is 2.52 bits per heavy atom. The molecule has 0 bridgehead atoms. The van der Waals surface area contributed by atoms with Gasteiger partial charge < -0.3 is 4.74 Å². The summed E-state index contributed by atoms with van der Waals surface area (Å²) in [6.45, 7) is 2.01. The first-order chi connectivity index (χ1) is 10.1. The molecule has 1 atom stereocenters. The van der Waals surface area contributed by atoms with Crippen molar-refractivity contribution in [2.45, 2.75) is 63.5 Å². The number of rotatable bonds is 5. The molecule has 0 heterocycles. The number of benzene rings is 1. The summed E-state index contributed by atoms with van der Waals surface area (Å²) in [5, 5.41) is 0. The number of aryl methyl sites for hydroxylation is 1. The molecule has 2 rings (SSSR count). The van der Waals surface area contributed by atoms with E-state index in [4.69, 9.17) is 10.6 Å². The van der Waals surface area contributed by atoms with E-state index in [1.165, 1.54) is 18.9 Å². The van der Waals surface area contributed by atoms with Gasteiger partial charge in [0.2, 0.25) is 0 Å². The first-order valence-electron chi connectivity index (χ1n) is 7.87. The molecule has 0 amide bonds. The van der Waals surface area contributed by atoms with Crippen molar-refractivity contribution in [1.29, 1.82) is 0 Å². The van der Waals surface area contributed by atoms with Gasteiger partial charge in [-0.05, 0) is 49.4 Å². The topological polar surface area (TPSA) is 47.3 Å². The van der Waals surface area contributed by atoms with Gasteiger partial charge in [-0.25, -0.2) is 4.39 Å². The van der Waals surface area contributed by atoms with Gasteiger partial charge in [0.05, 0.1) is 11.6 Å². The highest BCUT2D eigenvalue weighted by atomic mass is 19.1. The van der Waals surface area contributed by atoms with E-state index in [1.807, 2.05) is 13.0 Å². The van der Waals surface area contributed by atoms with Crippen LogP contribution in [-0.4, -0.2) is 18.8 Å². The molecule has 1 aliphatic rings. The van der Waals surface area contributed by atoms with E-state index in [2.05, 4.69) is 5.43 Å².